The van der Waals surface area contributed by atoms with Crippen LogP contribution in [-0.2, 0) is 0 Å². The molecular formula is C5H7N3S2. The highest BCUT2D eigenvalue weighted by molar-refractivity contribution is 7.72. The maximum Gasteiger partial charge on any atom is 0.175 e. The Morgan fingerprint density at radius 1 is 1.30 bits per heavy atom. The van der Waals surface area contributed by atoms with Gasteiger partial charge in [-0.1, -0.05) is 12.2 Å². The number of aromatic amines is 2. The minimum absolute atomic E-state index is 0.501. The van der Waals surface area contributed by atoms with Crippen molar-refractivity contribution in [2.45, 2.75) is 6.92 Å². The molecule has 0 bridgehead atoms. The highest BCUT2D eigenvalue weighted by Gasteiger charge is 1.92. The molecule has 0 aromatic carbocycles. The molecule has 3 nitrogen and oxygen atoms in total. The van der Waals surface area contributed by atoms with Gasteiger partial charge in [-0.15, -0.1) is 0 Å². The second-order valence-corrected chi connectivity index (χ2v) is 2.76. The van der Waals surface area contributed by atoms with Crippen molar-refractivity contribution in [2.24, 2.45) is 0 Å². The van der Waals surface area contributed by atoms with Gasteiger partial charge in [0.15, 0.2) is 4.77 Å². The van der Waals surface area contributed by atoms with Crippen LogP contribution in [0.4, 0.5) is 5.69 Å². The van der Waals surface area contributed by atoms with E-state index >= 15 is 0 Å². The zero-order valence-electron chi connectivity index (χ0n) is 5.39. The molecule has 0 aliphatic heterocycles. The maximum atomic E-state index is 5.54. The summed E-state index contributed by atoms with van der Waals surface area (Å²) in [6.07, 6.45) is 0. The van der Waals surface area contributed by atoms with Crippen LogP contribution in [-0.4, -0.2) is 9.97 Å². The molecule has 4 N–H and O–H groups in total. The summed E-state index contributed by atoms with van der Waals surface area (Å²) in [5.41, 5.74) is 6.91. The first-order valence-corrected chi connectivity index (χ1v) is 3.51. The van der Waals surface area contributed by atoms with Crippen molar-refractivity contribution in [1.82, 2.24) is 9.97 Å². The van der Waals surface area contributed by atoms with Crippen LogP contribution in [0, 0.1) is 16.3 Å². The molecular weight excluding hydrogens is 166 g/mol. The number of nitrogen functional groups attached to an aromatic ring is 1. The summed E-state index contributed by atoms with van der Waals surface area (Å²) in [4.78, 5) is 5.58. The molecule has 10 heavy (non-hydrogen) atoms. The van der Waals surface area contributed by atoms with Crippen LogP contribution in [0.3, 0.4) is 0 Å². The van der Waals surface area contributed by atoms with Crippen molar-refractivity contribution in [3.05, 3.63) is 15.1 Å². The number of H-pyrrole nitrogens is 2. The molecule has 0 amide bonds. The molecule has 0 atom stereocenters. The minimum atomic E-state index is 0.501. The molecule has 0 unspecified atom stereocenters. The Bertz CT molecular complexity index is 349. The number of aromatic nitrogens is 2. The molecule has 1 aromatic rings. The van der Waals surface area contributed by atoms with Crippen LogP contribution in [0.15, 0.2) is 0 Å². The summed E-state index contributed by atoms with van der Waals surface area (Å²) in [5.74, 6) is 0. The lowest BCUT2D eigenvalue weighted by Crippen LogP contribution is -1.96. The van der Waals surface area contributed by atoms with Gasteiger partial charge < -0.3 is 15.7 Å². The third-order valence-electron chi connectivity index (χ3n) is 1.18. The standard InChI is InChI=1S/C5H7N3S2/c1-2-3(6)4(9)8-5(10)7-2/h6H2,1H3,(H2,7,8,9,10). The van der Waals surface area contributed by atoms with Crippen molar-refractivity contribution in [3.8, 4) is 0 Å². The first kappa shape index (κ1) is 7.43. The molecule has 0 radical (unpaired) electrons. The van der Waals surface area contributed by atoms with Crippen LogP contribution in [0.5, 0.6) is 0 Å². The van der Waals surface area contributed by atoms with E-state index in [0.29, 0.717) is 15.1 Å². The predicted octanol–water partition coefficient (Wildman–Crippen LogP) is 1.69. The Labute approximate surface area is 68.3 Å². The zero-order chi connectivity index (χ0) is 7.72. The zero-order valence-corrected chi connectivity index (χ0v) is 7.03. The Hall–Kier alpha value is -0.680. The molecule has 54 valence electrons. The largest absolute Gasteiger partial charge is 0.395 e. The first-order chi connectivity index (χ1) is 4.61. The third-order valence-corrected chi connectivity index (χ3v) is 1.70. The van der Waals surface area contributed by atoms with Gasteiger partial charge in [-0.25, -0.2) is 0 Å². The number of nitrogens with one attached hydrogen (secondary N) is 2. The Kier molecular flexibility index (Phi) is 1.87. The second kappa shape index (κ2) is 2.51. The van der Waals surface area contributed by atoms with Crippen molar-refractivity contribution in [1.29, 1.82) is 0 Å². The van der Waals surface area contributed by atoms with E-state index in [4.69, 9.17) is 30.2 Å². The molecule has 0 spiro atoms. The highest BCUT2D eigenvalue weighted by atomic mass is 32.1. The monoisotopic (exact) mass is 173 g/mol. The van der Waals surface area contributed by atoms with E-state index < -0.39 is 0 Å². The van der Waals surface area contributed by atoms with Crippen molar-refractivity contribution in [3.63, 3.8) is 0 Å². The molecule has 0 saturated carbocycles. The van der Waals surface area contributed by atoms with Gasteiger partial charge in [0.1, 0.15) is 4.64 Å². The van der Waals surface area contributed by atoms with E-state index in [1.165, 1.54) is 0 Å². The predicted molar refractivity (Wildman–Crippen MR) is 46.0 cm³/mol. The normalized spacial score (nSPS) is 9.70. The van der Waals surface area contributed by atoms with Crippen LogP contribution in [0.2, 0.25) is 0 Å². The van der Waals surface area contributed by atoms with Gasteiger partial charge in [0.2, 0.25) is 0 Å². The molecule has 0 fully saturated rings. The summed E-state index contributed by atoms with van der Waals surface area (Å²) < 4.78 is 1.01. The fraction of sp³-hybridized carbons (Fsp3) is 0.200. The maximum absolute atomic E-state index is 5.54. The van der Waals surface area contributed by atoms with E-state index in [0.717, 1.165) is 5.69 Å². The van der Waals surface area contributed by atoms with Crippen molar-refractivity contribution >= 4 is 30.1 Å². The van der Waals surface area contributed by atoms with Crippen LogP contribution >= 0.6 is 24.4 Å². The molecule has 1 aromatic heterocycles. The van der Waals surface area contributed by atoms with E-state index in [1.54, 1.807) is 0 Å². The van der Waals surface area contributed by atoms with Gasteiger partial charge in [-0.2, -0.15) is 0 Å². The summed E-state index contributed by atoms with van der Waals surface area (Å²) in [6, 6.07) is 0. The number of anilines is 1. The fourth-order valence-corrected chi connectivity index (χ4v) is 1.18. The summed E-state index contributed by atoms with van der Waals surface area (Å²) >= 11 is 9.67. The minimum Gasteiger partial charge on any atom is -0.395 e. The molecule has 0 aliphatic carbocycles. The SMILES string of the molecule is Cc1[nH]c(=S)[nH]c(=S)c1N. The van der Waals surface area contributed by atoms with E-state index in [9.17, 15) is 0 Å². The second-order valence-electron chi connectivity index (χ2n) is 1.95. The van der Waals surface area contributed by atoms with Gasteiger partial charge in [0, 0.05) is 5.69 Å². The average Bonchev–Trinajstić information content (AvgIpc) is 1.82. The molecule has 0 saturated heterocycles. The fourth-order valence-electron chi connectivity index (χ4n) is 0.610. The van der Waals surface area contributed by atoms with E-state index in [-0.39, 0.29) is 0 Å². The Morgan fingerprint density at radius 3 is 2.40 bits per heavy atom. The average molecular weight is 173 g/mol. The third kappa shape index (κ3) is 1.25. The lowest BCUT2D eigenvalue weighted by atomic mass is 10.4. The molecule has 0 aliphatic rings. The Morgan fingerprint density at radius 2 is 1.90 bits per heavy atom. The molecule has 1 rings (SSSR count). The number of nitrogens with two attached hydrogens (primary N) is 1. The van der Waals surface area contributed by atoms with Crippen LogP contribution in [0.25, 0.3) is 0 Å². The van der Waals surface area contributed by atoms with Crippen molar-refractivity contribution < 1.29 is 0 Å². The van der Waals surface area contributed by atoms with Crippen molar-refractivity contribution in [2.75, 3.05) is 5.73 Å². The van der Waals surface area contributed by atoms with Crippen LogP contribution in [0.1, 0.15) is 5.69 Å². The lowest BCUT2D eigenvalue weighted by molar-refractivity contribution is 1.07. The highest BCUT2D eigenvalue weighted by Crippen LogP contribution is 2.05. The number of hydrogen-bond donors (Lipinski definition) is 3. The smallest absolute Gasteiger partial charge is 0.175 e. The van der Waals surface area contributed by atoms with Gasteiger partial charge in [-0.3, -0.25) is 0 Å². The summed E-state index contributed by atoms with van der Waals surface area (Å²) in [5, 5.41) is 0. The number of hydrogen-bond acceptors (Lipinski definition) is 3. The summed E-state index contributed by atoms with van der Waals surface area (Å²) in [7, 11) is 0. The van der Waals surface area contributed by atoms with E-state index in [2.05, 4.69) is 9.97 Å². The number of aryl methyl sites for hydroxylation is 1. The topological polar surface area (TPSA) is 57.6 Å². The first-order valence-electron chi connectivity index (χ1n) is 2.70. The van der Waals surface area contributed by atoms with Gasteiger partial charge in [-0.05, 0) is 19.1 Å². The molecule has 5 heteroatoms. The van der Waals surface area contributed by atoms with Gasteiger partial charge in [0.05, 0.1) is 5.69 Å². The quantitative estimate of drug-likeness (QED) is 0.523. The Balaban J connectivity index is 3.62. The summed E-state index contributed by atoms with van der Waals surface area (Å²) in [6.45, 7) is 1.83. The van der Waals surface area contributed by atoms with Gasteiger partial charge >= 0.3 is 0 Å². The lowest BCUT2D eigenvalue weighted by Gasteiger charge is -1.97. The van der Waals surface area contributed by atoms with Crippen LogP contribution < -0.4 is 5.73 Å². The van der Waals surface area contributed by atoms with Gasteiger partial charge in [0.25, 0.3) is 0 Å². The molecule has 1 heterocycles. The van der Waals surface area contributed by atoms with E-state index in [1.807, 2.05) is 6.92 Å². The number of rotatable bonds is 0.